The molecule has 1 aromatic heterocycles. The maximum absolute atomic E-state index is 10.9. The molecular formula is C9H10N4O2. The number of hydrogen-bond donors (Lipinski definition) is 1. The van der Waals surface area contributed by atoms with E-state index in [2.05, 4.69) is 20.0 Å². The fourth-order valence-corrected chi connectivity index (χ4v) is 0.852. The molecule has 0 bridgehead atoms. The predicted octanol–water partition coefficient (Wildman–Crippen LogP) is 0.345. The Kier molecular flexibility index (Phi) is 4.60. The first-order valence-corrected chi connectivity index (χ1v) is 4.36. The monoisotopic (exact) mass is 206 g/mol. The van der Waals surface area contributed by atoms with Crippen LogP contribution in [0.2, 0.25) is 0 Å². The van der Waals surface area contributed by atoms with E-state index in [1.54, 1.807) is 24.5 Å². The number of rotatable bonds is 5. The molecule has 1 heterocycles. The quantitative estimate of drug-likeness (QED) is 0.699. The van der Waals surface area contributed by atoms with Crippen LogP contribution >= 0.6 is 0 Å². The lowest BCUT2D eigenvalue weighted by Gasteiger charge is -2.02. The Morgan fingerprint density at radius 1 is 1.53 bits per heavy atom. The van der Waals surface area contributed by atoms with Crippen LogP contribution in [0.1, 0.15) is 6.42 Å². The molecule has 0 saturated carbocycles. The Morgan fingerprint density at radius 2 is 2.27 bits per heavy atom. The third-order valence-electron chi connectivity index (χ3n) is 1.48. The second-order valence-corrected chi connectivity index (χ2v) is 2.57. The van der Waals surface area contributed by atoms with E-state index in [1.165, 1.54) is 0 Å². The van der Waals surface area contributed by atoms with Gasteiger partial charge in [-0.1, -0.05) is 0 Å². The molecule has 15 heavy (non-hydrogen) atoms. The summed E-state index contributed by atoms with van der Waals surface area (Å²) >= 11 is 0. The molecule has 1 rings (SSSR count). The Bertz CT molecular complexity index is 347. The first-order chi connectivity index (χ1) is 7.33. The van der Waals surface area contributed by atoms with E-state index >= 15 is 0 Å². The van der Waals surface area contributed by atoms with Crippen molar-refractivity contribution in [2.45, 2.75) is 6.42 Å². The van der Waals surface area contributed by atoms with Crippen molar-refractivity contribution in [1.29, 1.82) is 5.26 Å². The fraction of sp³-hybridized carbons (Fsp3) is 0.333. The first-order valence-electron chi connectivity index (χ1n) is 4.36. The van der Waals surface area contributed by atoms with Crippen LogP contribution in [-0.2, 0) is 9.53 Å². The molecule has 6 heteroatoms. The molecule has 6 nitrogen and oxygen atoms in total. The minimum Gasteiger partial charge on any atom is -0.450 e. The molecule has 0 unspecified atom stereocenters. The van der Waals surface area contributed by atoms with Crippen molar-refractivity contribution in [2.24, 2.45) is 0 Å². The number of anilines is 1. The highest BCUT2D eigenvalue weighted by Crippen LogP contribution is 1.94. The second-order valence-electron chi connectivity index (χ2n) is 2.57. The van der Waals surface area contributed by atoms with Gasteiger partial charge in [-0.3, -0.25) is 4.79 Å². The highest BCUT2D eigenvalue weighted by molar-refractivity contribution is 5.70. The van der Waals surface area contributed by atoms with Gasteiger partial charge in [0.05, 0.1) is 6.42 Å². The third kappa shape index (κ3) is 4.57. The summed E-state index contributed by atoms with van der Waals surface area (Å²) < 4.78 is 4.55. The van der Waals surface area contributed by atoms with Gasteiger partial charge in [-0.2, -0.15) is 5.26 Å². The van der Waals surface area contributed by atoms with Gasteiger partial charge in [0.25, 0.3) is 0 Å². The van der Waals surface area contributed by atoms with E-state index in [4.69, 9.17) is 5.26 Å². The summed E-state index contributed by atoms with van der Waals surface area (Å²) in [5, 5.41) is 11.0. The molecule has 1 N–H and O–H groups in total. The molecule has 0 aliphatic rings. The smallest absolute Gasteiger partial charge is 0.308 e. The van der Waals surface area contributed by atoms with E-state index in [1.807, 2.05) is 0 Å². The lowest BCUT2D eigenvalue weighted by Crippen LogP contribution is -2.12. The van der Waals surface area contributed by atoms with Gasteiger partial charge in [0.2, 0.25) is 5.95 Å². The number of carbonyl (C=O) groups is 1. The summed E-state index contributed by atoms with van der Waals surface area (Å²) in [5.41, 5.74) is 0. The van der Waals surface area contributed by atoms with E-state index in [-0.39, 0.29) is 13.0 Å². The normalized spacial score (nSPS) is 9.00. The minimum absolute atomic E-state index is 0.180. The van der Waals surface area contributed by atoms with Gasteiger partial charge in [0, 0.05) is 18.9 Å². The molecule has 0 aliphatic heterocycles. The Morgan fingerprint density at radius 3 is 2.93 bits per heavy atom. The van der Waals surface area contributed by atoms with Crippen molar-refractivity contribution in [3.8, 4) is 6.07 Å². The lowest BCUT2D eigenvalue weighted by molar-refractivity contribution is -0.141. The molecule has 0 aliphatic carbocycles. The summed E-state index contributed by atoms with van der Waals surface area (Å²) in [6, 6.07) is 3.42. The maximum Gasteiger partial charge on any atom is 0.308 e. The number of esters is 1. The number of carbonyl (C=O) groups excluding carboxylic acids is 1. The molecule has 0 atom stereocenters. The van der Waals surface area contributed by atoms with Crippen molar-refractivity contribution < 1.29 is 9.53 Å². The number of nitriles is 1. The molecule has 1 aromatic rings. The summed E-state index contributed by atoms with van der Waals surface area (Å²) in [6.45, 7) is 0.176. The molecule has 0 fully saturated rings. The van der Waals surface area contributed by atoms with Gasteiger partial charge in [-0.15, -0.1) is 0 Å². The number of nitrogens with one attached hydrogen (secondary N) is 1. The minimum atomic E-state index is -0.417. The van der Waals surface area contributed by atoms with E-state index < -0.39 is 5.97 Å². The van der Waals surface area contributed by atoms with Gasteiger partial charge in [0.1, 0.15) is 6.07 Å². The first kappa shape index (κ1) is 10.9. The van der Waals surface area contributed by atoms with Gasteiger partial charge >= 0.3 is 5.97 Å². The highest BCUT2D eigenvalue weighted by Gasteiger charge is 2.01. The maximum atomic E-state index is 10.9. The molecular weight excluding hydrogens is 196 g/mol. The standard InChI is InChI=1S/C9H10N4O2/c10-3-7-15-8(14)2-6-13-9-11-4-1-5-12-9/h1,4-5H,2,6-7H2,(H,11,12,13). The van der Waals surface area contributed by atoms with Gasteiger partial charge in [-0.25, -0.2) is 9.97 Å². The molecule has 0 aromatic carbocycles. The number of aromatic nitrogens is 2. The van der Waals surface area contributed by atoms with Crippen molar-refractivity contribution in [1.82, 2.24) is 9.97 Å². The van der Waals surface area contributed by atoms with E-state index in [0.717, 1.165) is 0 Å². The SMILES string of the molecule is N#CCOC(=O)CCNc1ncccn1. The molecule has 0 amide bonds. The van der Waals surface area contributed by atoms with Crippen LogP contribution in [0.15, 0.2) is 18.5 Å². The molecule has 0 spiro atoms. The summed E-state index contributed by atoms with van der Waals surface area (Å²) in [7, 11) is 0. The Labute approximate surface area is 86.9 Å². The summed E-state index contributed by atoms with van der Waals surface area (Å²) in [4.78, 5) is 18.8. The van der Waals surface area contributed by atoms with Crippen LogP contribution in [0.5, 0.6) is 0 Å². The van der Waals surface area contributed by atoms with Crippen LogP contribution in [0.4, 0.5) is 5.95 Å². The Hall–Kier alpha value is -2.16. The van der Waals surface area contributed by atoms with Gasteiger partial charge < -0.3 is 10.1 Å². The number of hydrogen-bond acceptors (Lipinski definition) is 6. The fourth-order valence-electron chi connectivity index (χ4n) is 0.852. The largest absolute Gasteiger partial charge is 0.450 e. The van der Waals surface area contributed by atoms with Crippen LogP contribution in [0, 0.1) is 11.3 Å². The van der Waals surface area contributed by atoms with Crippen LogP contribution < -0.4 is 5.32 Å². The lowest BCUT2D eigenvalue weighted by atomic mass is 10.4. The van der Waals surface area contributed by atoms with Crippen LogP contribution in [0.3, 0.4) is 0 Å². The van der Waals surface area contributed by atoms with Gasteiger partial charge in [0.15, 0.2) is 6.61 Å². The zero-order valence-corrected chi connectivity index (χ0v) is 8.01. The van der Waals surface area contributed by atoms with Gasteiger partial charge in [-0.05, 0) is 6.07 Å². The molecule has 0 saturated heterocycles. The highest BCUT2D eigenvalue weighted by atomic mass is 16.5. The van der Waals surface area contributed by atoms with E-state index in [0.29, 0.717) is 12.5 Å². The van der Waals surface area contributed by atoms with Crippen molar-refractivity contribution in [2.75, 3.05) is 18.5 Å². The summed E-state index contributed by atoms with van der Waals surface area (Å²) in [6.07, 6.45) is 3.38. The summed E-state index contributed by atoms with van der Waals surface area (Å²) in [5.74, 6) is 0.0468. The topological polar surface area (TPSA) is 87.9 Å². The van der Waals surface area contributed by atoms with E-state index in [9.17, 15) is 4.79 Å². The second kappa shape index (κ2) is 6.32. The van der Waals surface area contributed by atoms with Crippen molar-refractivity contribution in [3.05, 3.63) is 18.5 Å². The van der Waals surface area contributed by atoms with Crippen LogP contribution in [0.25, 0.3) is 0 Å². The van der Waals surface area contributed by atoms with Crippen molar-refractivity contribution in [3.63, 3.8) is 0 Å². The third-order valence-corrected chi connectivity index (χ3v) is 1.48. The van der Waals surface area contributed by atoms with Crippen LogP contribution in [-0.4, -0.2) is 29.1 Å². The average molecular weight is 206 g/mol. The zero-order valence-electron chi connectivity index (χ0n) is 8.01. The predicted molar refractivity (Wildman–Crippen MR) is 51.7 cm³/mol. The Balaban J connectivity index is 2.17. The number of nitrogens with zero attached hydrogens (tertiary/aromatic N) is 3. The average Bonchev–Trinajstić information content (AvgIpc) is 2.28. The molecule has 0 radical (unpaired) electrons. The molecule has 78 valence electrons. The zero-order chi connectivity index (χ0) is 10.9. The van der Waals surface area contributed by atoms with Crippen molar-refractivity contribution >= 4 is 11.9 Å². The number of ether oxygens (including phenoxy) is 1.